The van der Waals surface area contributed by atoms with E-state index < -0.39 is 0 Å². The molecule has 0 aromatic carbocycles. The normalized spacial score (nSPS) is 10.6. The molecule has 1 N–H and O–H groups in total. The first-order valence-corrected chi connectivity index (χ1v) is 5.16. The van der Waals surface area contributed by atoms with E-state index in [2.05, 4.69) is 37.2 Å². The minimum absolute atomic E-state index is 0.352. The summed E-state index contributed by atoms with van der Waals surface area (Å²) < 4.78 is 10.0. The van der Waals surface area contributed by atoms with Gasteiger partial charge in [-0.1, -0.05) is 13.3 Å². The zero-order valence-electron chi connectivity index (χ0n) is 9.23. The van der Waals surface area contributed by atoms with E-state index >= 15 is 0 Å². The number of nitrogens with zero attached hydrogens (tertiary/aromatic N) is 4. The lowest BCUT2D eigenvalue weighted by Gasteiger charge is -2.07. The number of rotatable bonds is 5. The van der Waals surface area contributed by atoms with Crippen LogP contribution in [0.4, 0.5) is 5.82 Å². The van der Waals surface area contributed by atoms with Crippen molar-refractivity contribution in [3.05, 3.63) is 0 Å². The van der Waals surface area contributed by atoms with Gasteiger partial charge in [0.15, 0.2) is 5.82 Å². The highest BCUT2D eigenvalue weighted by Crippen LogP contribution is 2.21. The number of hydrogen-bond donors (Lipinski definition) is 1. The maximum atomic E-state index is 5.50. The van der Waals surface area contributed by atoms with Crippen LogP contribution in [0.15, 0.2) is 4.63 Å². The molecule has 0 spiro atoms. The van der Waals surface area contributed by atoms with Crippen molar-refractivity contribution in [2.24, 2.45) is 0 Å². The molecule has 0 unspecified atom stereocenters. The molecule has 7 nitrogen and oxygen atoms in total. The molecule has 16 heavy (non-hydrogen) atoms. The number of hydrogen-bond acceptors (Lipinski definition) is 7. The van der Waals surface area contributed by atoms with Crippen LogP contribution in [0, 0.1) is 0 Å². The molecule has 0 atom stereocenters. The van der Waals surface area contributed by atoms with E-state index in [4.69, 9.17) is 4.74 Å². The summed E-state index contributed by atoms with van der Waals surface area (Å²) in [6.45, 7) is 2.70. The summed E-state index contributed by atoms with van der Waals surface area (Å²) in [5, 5.41) is 10.1. The van der Waals surface area contributed by atoms with Crippen LogP contribution < -0.4 is 10.1 Å². The number of unbranched alkanes of at least 4 members (excludes halogenated alkanes) is 1. The summed E-state index contributed by atoms with van der Waals surface area (Å²) in [5.41, 5.74) is 0.720. The van der Waals surface area contributed by atoms with E-state index in [1.54, 1.807) is 7.05 Å². The van der Waals surface area contributed by atoms with Crippen molar-refractivity contribution in [2.45, 2.75) is 19.8 Å². The molecule has 2 rings (SSSR count). The summed E-state index contributed by atoms with van der Waals surface area (Å²) in [6, 6.07) is 0. The predicted molar refractivity (Wildman–Crippen MR) is 57.3 cm³/mol. The molecular formula is C9H13N5O2. The second-order valence-electron chi connectivity index (χ2n) is 3.24. The third-order valence-corrected chi connectivity index (χ3v) is 2.06. The van der Waals surface area contributed by atoms with Crippen LogP contribution in [0.2, 0.25) is 0 Å². The van der Waals surface area contributed by atoms with Crippen LogP contribution in [-0.2, 0) is 0 Å². The number of fused-ring (bicyclic) bond motifs is 1. The minimum atomic E-state index is 0.352. The molecule has 0 saturated carbocycles. The molecule has 0 fully saturated rings. The Bertz CT molecular complexity index is 470. The SMILES string of the molecule is CCCCOc1nc2nonc2nc1NC. The summed E-state index contributed by atoms with van der Waals surface area (Å²) in [4.78, 5) is 8.33. The Morgan fingerprint density at radius 3 is 2.69 bits per heavy atom. The molecule has 0 aliphatic rings. The third-order valence-electron chi connectivity index (χ3n) is 2.06. The Hall–Kier alpha value is -1.92. The van der Waals surface area contributed by atoms with Gasteiger partial charge in [0.05, 0.1) is 6.61 Å². The Kier molecular flexibility index (Phi) is 3.13. The van der Waals surface area contributed by atoms with Gasteiger partial charge in [-0.2, -0.15) is 9.97 Å². The van der Waals surface area contributed by atoms with Crippen molar-refractivity contribution in [2.75, 3.05) is 19.0 Å². The van der Waals surface area contributed by atoms with Gasteiger partial charge in [0.25, 0.3) is 5.88 Å². The molecule has 2 aromatic heterocycles. The number of aromatic nitrogens is 4. The fourth-order valence-corrected chi connectivity index (χ4v) is 1.20. The summed E-state index contributed by atoms with van der Waals surface area (Å²) >= 11 is 0. The largest absolute Gasteiger partial charge is 0.475 e. The lowest BCUT2D eigenvalue weighted by atomic mass is 10.4. The van der Waals surface area contributed by atoms with Crippen molar-refractivity contribution in [1.82, 2.24) is 20.3 Å². The maximum absolute atomic E-state index is 5.50. The lowest BCUT2D eigenvalue weighted by Crippen LogP contribution is -2.04. The van der Waals surface area contributed by atoms with Gasteiger partial charge >= 0.3 is 0 Å². The molecule has 0 bridgehead atoms. The van der Waals surface area contributed by atoms with E-state index in [0.29, 0.717) is 29.6 Å². The topological polar surface area (TPSA) is 86.0 Å². The van der Waals surface area contributed by atoms with E-state index in [1.807, 2.05) is 0 Å². The van der Waals surface area contributed by atoms with Gasteiger partial charge in [0.2, 0.25) is 11.3 Å². The van der Waals surface area contributed by atoms with Gasteiger partial charge in [-0.15, -0.1) is 0 Å². The Morgan fingerprint density at radius 1 is 1.25 bits per heavy atom. The maximum Gasteiger partial charge on any atom is 0.259 e. The van der Waals surface area contributed by atoms with Gasteiger partial charge in [-0.25, -0.2) is 4.63 Å². The smallest absolute Gasteiger partial charge is 0.259 e. The molecule has 2 aromatic rings. The average Bonchev–Trinajstić information content (AvgIpc) is 2.75. The molecule has 0 aliphatic carbocycles. The van der Waals surface area contributed by atoms with Crippen LogP contribution >= 0.6 is 0 Å². The first-order valence-electron chi connectivity index (χ1n) is 5.16. The molecule has 7 heteroatoms. The standard InChI is InChI=1S/C9H13N5O2/c1-3-4-5-15-9-8(10-2)11-6-7(12-9)14-16-13-6/h3-5H2,1-2H3,(H,10,11,13). The first-order chi connectivity index (χ1) is 7.85. The number of anilines is 1. The van der Waals surface area contributed by atoms with E-state index in [-0.39, 0.29) is 0 Å². The third kappa shape index (κ3) is 2.02. The predicted octanol–water partition coefficient (Wildman–Crippen LogP) is 1.23. The van der Waals surface area contributed by atoms with E-state index in [0.717, 1.165) is 12.8 Å². The highest BCUT2D eigenvalue weighted by atomic mass is 16.6. The quantitative estimate of drug-likeness (QED) is 0.763. The molecule has 86 valence electrons. The van der Waals surface area contributed by atoms with E-state index in [9.17, 15) is 0 Å². The van der Waals surface area contributed by atoms with Crippen LogP contribution in [0.5, 0.6) is 5.88 Å². The van der Waals surface area contributed by atoms with Crippen molar-refractivity contribution < 1.29 is 9.37 Å². The van der Waals surface area contributed by atoms with Gasteiger partial charge in [-0.3, -0.25) is 0 Å². The summed E-state index contributed by atoms with van der Waals surface area (Å²) in [6.07, 6.45) is 2.04. The van der Waals surface area contributed by atoms with Crippen LogP contribution in [0.3, 0.4) is 0 Å². The van der Waals surface area contributed by atoms with Crippen molar-refractivity contribution in [3.63, 3.8) is 0 Å². The first kappa shape index (κ1) is 10.6. The van der Waals surface area contributed by atoms with Gasteiger partial charge < -0.3 is 10.1 Å². The lowest BCUT2D eigenvalue weighted by molar-refractivity contribution is 0.298. The molecule has 0 radical (unpaired) electrons. The fraction of sp³-hybridized carbons (Fsp3) is 0.556. The van der Waals surface area contributed by atoms with Gasteiger partial charge in [0.1, 0.15) is 0 Å². The van der Waals surface area contributed by atoms with Crippen molar-refractivity contribution in [1.29, 1.82) is 0 Å². The minimum Gasteiger partial charge on any atom is -0.475 e. The van der Waals surface area contributed by atoms with Crippen LogP contribution in [-0.4, -0.2) is 33.9 Å². The highest BCUT2D eigenvalue weighted by molar-refractivity contribution is 5.68. The van der Waals surface area contributed by atoms with Crippen molar-refractivity contribution in [3.8, 4) is 5.88 Å². The van der Waals surface area contributed by atoms with Gasteiger partial charge in [-0.05, 0) is 16.7 Å². The monoisotopic (exact) mass is 223 g/mol. The second-order valence-corrected chi connectivity index (χ2v) is 3.24. The van der Waals surface area contributed by atoms with Crippen molar-refractivity contribution >= 4 is 17.1 Å². The summed E-state index contributed by atoms with van der Waals surface area (Å²) in [7, 11) is 1.75. The molecule has 0 amide bonds. The Morgan fingerprint density at radius 2 is 2.00 bits per heavy atom. The zero-order chi connectivity index (χ0) is 11.4. The average molecular weight is 223 g/mol. The van der Waals surface area contributed by atoms with Gasteiger partial charge in [0, 0.05) is 7.05 Å². The zero-order valence-corrected chi connectivity index (χ0v) is 9.23. The summed E-state index contributed by atoms with van der Waals surface area (Å²) in [5.74, 6) is 0.971. The molecule has 0 aliphatic heterocycles. The number of ether oxygens (including phenoxy) is 1. The second kappa shape index (κ2) is 4.73. The van der Waals surface area contributed by atoms with Crippen LogP contribution in [0.25, 0.3) is 11.3 Å². The Labute approximate surface area is 92.2 Å². The Balaban J connectivity index is 2.26. The highest BCUT2D eigenvalue weighted by Gasteiger charge is 2.12. The molecular weight excluding hydrogens is 210 g/mol. The fourth-order valence-electron chi connectivity index (χ4n) is 1.20. The number of nitrogens with one attached hydrogen (secondary N) is 1. The molecule has 0 saturated heterocycles. The van der Waals surface area contributed by atoms with Crippen LogP contribution in [0.1, 0.15) is 19.8 Å². The molecule has 2 heterocycles. The van der Waals surface area contributed by atoms with E-state index in [1.165, 1.54) is 0 Å².